The van der Waals surface area contributed by atoms with Gasteiger partial charge in [0.15, 0.2) is 5.11 Å². The Morgan fingerprint density at radius 1 is 0.914 bits per heavy atom. The zero-order valence-electron chi connectivity index (χ0n) is 20.7. The predicted octanol–water partition coefficient (Wildman–Crippen LogP) is 6.29. The number of hydrogen-bond acceptors (Lipinski definition) is 3. The lowest BCUT2D eigenvalue weighted by atomic mass is 9.96. The van der Waals surface area contributed by atoms with Gasteiger partial charge >= 0.3 is 0 Å². The lowest BCUT2D eigenvalue weighted by Crippen LogP contribution is -2.30. The van der Waals surface area contributed by atoms with Crippen LogP contribution in [0.25, 0.3) is 5.69 Å². The van der Waals surface area contributed by atoms with Gasteiger partial charge in [-0.1, -0.05) is 30.3 Å². The molecule has 5 nitrogen and oxygen atoms in total. The Morgan fingerprint density at radius 3 is 2.40 bits per heavy atom. The fourth-order valence-electron chi connectivity index (χ4n) is 5.19. The first-order valence-corrected chi connectivity index (χ1v) is 12.2. The molecule has 4 aromatic rings. The summed E-state index contributed by atoms with van der Waals surface area (Å²) < 4.78 is 8.09. The largest absolute Gasteiger partial charge is 0.495 e. The van der Waals surface area contributed by atoms with Gasteiger partial charge in [-0.15, -0.1) is 0 Å². The number of benzene rings is 2. The molecule has 0 bridgehead atoms. The van der Waals surface area contributed by atoms with Crippen molar-refractivity contribution in [3.63, 3.8) is 0 Å². The summed E-state index contributed by atoms with van der Waals surface area (Å²) in [4.78, 5) is 6.88. The van der Waals surface area contributed by atoms with Crippen LogP contribution in [0.2, 0.25) is 0 Å². The number of rotatable bonds is 5. The van der Waals surface area contributed by atoms with E-state index in [2.05, 4.69) is 78.9 Å². The molecule has 1 aliphatic heterocycles. The molecule has 2 unspecified atom stereocenters. The summed E-state index contributed by atoms with van der Waals surface area (Å²) in [7, 11) is 1.70. The number of thiocarbonyl (C=S) groups is 1. The molecule has 178 valence electrons. The molecule has 1 saturated heterocycles. The predicted molar refractivity (Wildman–Crippen MR) is 146 cm³/mol. The Balaban J connectivity index is 1.72. The van der Waals surface area contributed by atoms with E-state index in [0.717, 1.165) is 17.1 Å². The number of hydrogen-bond donors (Lipinski definition) is 1. The van der Waals surface area contributed by atoms with Crippen molar-refractivity contribution in [2.24, 2.45) is 0 Å². The average molecular weight is 483 g/mol. The van der Waals surface area contributed by atoms with E-state index in [-0.39, 0.29) is 12.1 Å². The molecule has 0 aliphatic carbocycles. The van der Waals surface area contributed by atoms with Crippen molar-refractivity contribution >= 4 is 23.0 Å². The van der Waals surface area contributed by atoms with Gasteiger partial charge in [-0.3, -0.25) is 4.98 Å². The normalized spacial score (nSPS) is 17.5. The molecule has 2 atom stereocenters. The highest BCUT2D eigenvalue weighted by atomic mass is 32.1. The van der Waals surface area contributed by atoms with Crippen LogP contribution in [-0.2, 0) is 0 Å². The van der Waals surface area contributed by atoms with Crippen LogP contribution in [0.5, 0.6) is 5.75 Å². The second kappa shape index (κ2) is 9.19. The number of anilines is 1. The van der Waals surface area contributed by atoms with Crippen LogP contribution in [0.4, 0.5) is 5.69 Å². The fourth-order valence-corrected chi connectivity index (χ4v) is 5.53. The molecule has 0 spiro atoms. The van der Waals surface area contributed by atoms with Gasteiger partial charge in [0.25, 0.3) is 0 Å². The lowest BCUT2D eigenvalue weighted by Gasteiger charge is -2.29. The van der Waals surface area contributed by atoms with Crippen LogP contribution in [0.15, 0.2) is 72.9 Å². The summed E-state index contributed by atoms with van der Waals surface area (Å²) in [5.74, 6) is 0.784. The molecule has 0 saturated carbocycles. The molecule has 1 fully saturated rings. The minimum Gasteiger partial charge on any atom is -0.495 e. The van der Waals surface area contributed by atoms with Crippen LogP contribution in [0.1, 0.15) is 45.9 Å². The Hall–Kier alpha value is -3.64. The quantitative estimate of drug-likeness (QED) is 0.339. The molecule has 35 heavy (non-hydrogen) atoms. The third-order valence-corrected chi connectivity index (χ3v) is 7.36. The smallest absolute Gasteiger partial charge is 0.174 e. The van der Waals surface area contributed by atoms with Gasteiger partial charge in [-0.05, 0) is 93.0 Å². The highest BCUT2D eigenvalue weighted by Crippen LogP contribution is 2.46. The average Bonchev–Trinajstić information content (AvgIpc) is 3.36. The second-order valence-electron chi connectivity index (χ2n) is 9.05. The summed E-state index contributed by atoms with van der Waals surface area (Å²) >= 11 is 5.92. The van der Waals surface area contributed by atoms with Gasteiger partial charge in [-0.25, -0.2) is 0 Å². The molecule has 1 N–H and O–H groups in total. The maximum absolute atomic E-state index is 5.92. The molecule has 2 aromatic carbocycles. The first-order chi connectivity index (χ1) is 16.9. The van der Waals surface area contributed by atoms with Crippen molar-refractivity contribution in [3.05, 3.63) is 107 Å². The first-order valence-electron chi connectivity index (χ1n) is 11.8. The van der Waals surface area contributed by atoms with E-state index in [1.165, 1.54) is 33.8 Å². The Kier molecular flexibility index (Phi) is 6.07. The van der Waals surface area contributed by atoms with Crippen molar-refractivity contribution in [1.29, 1.82) is 0 Å². The van der Waals surface area contributed by atoms with E-state index in [0.29, 0.717) is 5.11 Å². The van der Waals surface area contributed by atoms with Crippen LogP contribution in [-0.4, -0.2) is 21.8 Å². The fraction of sp³-hybridized carbons (Fsp3) is 0.241. The Labute approximate surface area is 212 Å². The van der Waals surface area contributed by atoms with E-state index < -0.39 is 0 Å². The van der Waals surface area contributed by atoms with Crippen molar-refractivity contribution < 1.29 is 4.74 Å². The first kappa shape index (κ1) is 23.1. The van der Waals surface area contributed by atoms with Gasteiger partial charge in [0, 0.05) is 23.3 Å². The van der Waals surface area contributed by atoms with E-state index in [1.807, 2.05) is 36.5 Å². The zero-order chi connectivity index (χ0) is 24.7. The second-order valence-corrected chi connectivity index (χ2v) is 9.44. The number of pyridine rings is 1. The third kappa shape index (κ3) is 3.88. The summed E-state index contributed by atoms with van der Waals surface area (Å²) in [5.41, 5.74) is 9.24. The van der Waals surface area contributed by atoms with Gasteiger partial charge in [0.2, 0.25) is 0 Å². The summed E-state index contributed by atoms with van der Waals surface area (Å²) in [6.45, 7) is 8.71. The standard InChI is InChI=1S/C29H30N4OS/c1-18-11-10-14-24(20(18)3)32-19(2)17-22(21(32)4)28-27(23-12-8-9-16-30-23)31-29(35)33(28)25-13-6-7-15-26(25)34-5/h6-17,27-28H,1-5H3,(H,31,35). The van der Waals surface area contributed by atoms with Crippen molar-refractivity contribution in [1.82, 2.24) is 14.9 Å². The minimum absolute atomic E-state index is 0.0984. The molecule has 1 aliphatic rings. The van der Waals surface area contributed by atoms with Crippen LogP contribution >= 0.6 is 12.2 Å². The number of aryl methyl sites for hydroxylation is 2. The molecule has 0 amide bonds. The number of nitrogens with one attached hydrogen (secondary N) is 1. The van der Waals surface area contributed by atoms with Crippen LogP contribution in [0, 0.1) is 27.7 Å². The highest BCUT2D eigenvalue weighted by molar-refractivity contribution is 7.80. The van der Waals surface area contributed by atoms with Gasteiger partial charge in [0.05, 0.1) is 30.6 Å². The monoisotopic (exact) mass is 482 g/mol. The molecular weight excluding hydrogens is 452 g/mol. The summed E-state index contributed by atoms with van der Waals surface area (Å²) in [5, 5.41) is 4.22. The zero-order valence-corrected chi connectivity index (χ0v) is 21.6. The van der Waals surface area contributed by atoms with Crippen molar-refractivity contribution in [2.75, 3.05) is 12.0 Å². The van der Waals surface area contributed by atoms with E-state index in [9.17, 15) is 0 Å². The van der Waals surface area contributed by atoms with Gasteiger partial charge in [0.1, 0.15) is 5.75 Å². The summed E-state index contributed by atoms with van der Waals surface area (Å²) in [6.07, 6.45) is 1.84. The van der Waals surface area contributed by atoms with Crippen molar-refractivity contribution in [3.8, 4) is 11.4 Å². The van der Waals surface area contributed by atoms with E-state index in [1.54, 1.807) is 7.11 Å². The molecular formula is C29H30N4OS. The van der Waals surface area contributed by atoms with Gasteiger partial charge in [-0.2, -0.15) is 0 Å². The Bertz CT molecular complexity index is 1400. The number of nitrogens with zero attached hydrogens (tertiary/aromatic N) is 3. The maximum Gasteiger partial charge on any atom is 0.174 e. The number of methoxy groups -OCH3 is 1. The van der Waals surface area contributed by atoms with Crippen LogP contribution in [0.3, 0.4) is 0 Å². The molecule has 5 rings (SSSR count). The number of para-hydroxylation sites is 2. The maximum atomic E-state index is 5.92. The highest BCUT2D eigenvalue weighted by Gasteiger charge is 2.43. The van der Waals surface area contributed by atoms with E-state index >= 15 is 0 Å². The Morgan fingerprint density at radius 2 is 1.66 bits per heavy atom. The molecule has 3 heterocycles. The molecule has 6 heteroatoms. The van der Waals surface area contributed by atoms with Gasteiger partial charge < -0.3 is 19.5 Å². The number of ether oxygens (including phenoxy) is 1. The topological polar surface area (TPSA) is 42.3 Å². The molecule has 0 radical (unpaired) electrons. The summed E-state index contributed by atoms with van der Waals surface area (Å²) in [6, 6.07) is 22.6. The van der Waals surface area contributed by atoms with Crippen LogP contribution < -0.4 is 15.0 Å². The SMILES string of the molecule is COc1ccccc1N1C(=S)NC(c2ccccn2)C1c1cc(C)n(-c2cccc(C)c2C)c1C. The van der Waals surface area contributed by atoms with Crippen molar-refractivity contribution in [2.45, 2.75) is 39.8 Å². The number of aromatic nitrogens is 2. The van der Waals surface area contributed by atoms with E-state index in [4.69, 9.17) is 21.9 Å². The lowest BCUT2D eigenvalue weighted by molar-refractivity contribution is 0.414. The molecule has 2 aromatic heterocycles. The third-order valence-electron chi connectivity index (χ3n) is 7.05. The minimum atomic E-state index is -0.110.